The van der Waals surface area contributed by atoms with Crippen LogP contribution in [0.1, 0.15) is 47.2 Å². The molecule has 1 saturated carbocycles. The summed E-state index contributed by atoms with van der Waals surface area (Å²) in [6.45, 7) is 1.20. The van der Waals surface area contributed by atoms with Crippen molar-refractivity contribution in [3.8, 4) is 5.75 Å². The molecule has 0 unspecified atom stereocenters. The lowest BCUT2D eigenvalue weighted by Crippen LogP contribution is -2.50. The van der Waals surface area contributed by atoms with Gasteiger partial charge in [0.15, 0.2) is 0 Å². The molecule has 3 aromatic rings. The van der Waals surface area contributed by atoms with E-state index in [0.29, 0.717) is 37.3 Å². The Balaban J connectivity index is 1.45. The highest BCUT2D eigenvalue weighted by molar-refractivity contribution is 7.87. The van der Waals surface area contributed by atoms with Gasteiger partial charge in [-0.25, -0.2) is 0 Å². The SMILES string of the molecule is COCCN(Cc1ccncc1)S(=O)(=O)NC1CCC(CNC(=O)c2ccccc2OC)(c2ccccc2)CC1. The van der Waals surface area contributed by atoms with Gasteiger partial charge in [0.25, 0.3) is 16.1 Å². The van der Waals surface area contributed by atoms with E-state index in [9.17, 15) is 13.2 Å². The first-order valence-electron chi connectivity index (χ1n) is 13.5. The Labute approximate surface area is 237 Å². The van der Waals surface area contributed by atoms with Gasteiger partial charge in [-0.15, -0.1) is 0 Å². The average molecular weight is 567 g/mol. The lowest BCUT2D eigenvalue weighted by molar-refractivity contribution is 0.0932. The van der Waals surface area contributed by atoms with Crippen LogP contribution in [-0.2, 0) is 26.9 Å². The zero-order valence-electron chi connectivity index (χ0n) is 23.1. The maximum absolute atomic E-state index is 13.4. The third-order valence-electron chi connectivity index (χ3n) is 7.58. The van der Waals surface area contributed by atoms with E-state index in [1.807, 2.05) is 42.5 Å². The van der Waals surface area contributed by atoms with Crippen molar-refractivity contribution < 1.29 is 22.7 Å². The summed E-state index contributed by atoms with van der Waals surface area (Å²) in [7, 11) is -0.658. The van der Waals surface area contributed by atoms with E-state index in [2.05, 4.69) is 27.2 Å². The fraction of sp³-hybridized carbons (Fsp3) is 0.400. The number of amides is 1. The van der Waals surface area contributed by atoms with Gasteiger partial charge in [-0.3, -0.25) is 9.78 Å². The van der Waals surface area contributed by atoms with Gasteiger partial charge in [-0.2, -0.15) is 17.4 Å². The molecule has 0 radical (unpaired) electrons. The smallest absolute Gasteiger partial charge is 0.280 e. The fourth-order valence-corrected chi connectivity index (χ4v) is 6.72. The van der Waals surface area contributed by atoms with Gasteiger partial charge in [0.1, 0.15) is 5.75 Å². The molecule has 9 nitrogen and oxygen atoms in total. The van der Waals surface area contributed by atoms with Crippen LogP contribution in [0.25, 0.3) is 0 Å². The van der Waals surface area contributed by atoms with Crippen LogP contribution >= 0.6 is 0 Å². The lowest BCUT2D eigenvalue weighted by Gasteiger charge is -2.41. The highest BCUT2D eigenvalue weighted by Crippen LogP contribution is 2.39. The molecule has 0 spiro atoms. The summed E-state index contributed by atoms with van der Waals surface area (Å²) in [5.41, 5.74) is 2.17. The van der Waals surface area contributed by atoms with E-state index in [-0.39, 0.29) is 30.5 Å². The molecule has 1 fully saturated rings. The molecule has 214 valence electrons. The number of hydrogen-bond donors (Lipinski definition) is 2. The second kappa shape index (κ2) is 13.8. The zero-order valence-corrected chi connectivity index (χ0v) is 23.9. The van der Waals surface area contributed by atoms with Gasteiger partial charge in [-0.05, 0) is 61.1 Å². The number of ether oxygens (including phenoxy) is 2. The van der Waals surface area contributed by atoms with E-state index in [4.69, 9.17) is 9.47 Å². The molecule has 1 aliphatic rings. The normalized spacial score (nSPS) is 19.3. The molecule has 40 heavy (non-hydrogen) atoms. The van der Waals surface area contributed by atoms with Crippen LogP contribution in [0.5, 0.6) is 5.75 Å². The highest BCUT2D eigenvalue weighted by atomic mass is 32.2. The van der Waals surface area contributed by atoms with Gasteiger partial charge in [0.2, 0.25) is 0 Å². The Morgan fingerprint density at radius 2 is 1.68 bits per heavy atom. The first-order valence-corrected chi connectivity index (χ1v) is 14.9. The van der Waals surface area contributed by atoms with Crippen LogP contribution in [0.3, 0.4) is 0 Å². The van der Waals surface area contributed by atoms with Crippen LogP contribution in [0, 0.1) is 0 Å². The Morgan fingerprint density at radius 1 is 1.00 bits per heavy atom. The van der Waals surface area contributed by atoms with Crippen LogP contribution < -0.4 is 14.8 Å². The number of methoxy groups -OCH3 is 2. The average Bonchev–Trinajstić information content (AvgIpc) is 2.99. The summed E-state index contributed by atoms with van der Waals surface area (Å²) in [5.74, 6) is 0.331. The van der Waals surface area contributed by atoms with Crippen molar-refractivity contribution in [2.75, 3.05) is 33.9 Å². The van der Waals surface area contributed by atoms with Crippen molar-refractivity contribution in [2.45, 2.75) is 43.7 Å². The quantitative estimate of drug-likeness (QED) is 0.327. The molecular formula is C30H38N4O5S. The minimum atomic E-state index is -3.76. The van der Waals surface area contributed by atoms with Crippen molar-refractivity contribution in [1.29, 1.82) is 0 Å². The van der Waals surface area contributed by atoms with Gasteiger partial charge in [-0.1, -0.05) is 42.5 Å². The minimum absolute atomic E-state index is 0.194. The van der Waals surface area contributed by atoms with E-state index in [0.717, 1.165) is 24.0 Å². The number of pyridine rings is 1. The van der Waals surface area contributed by atoms with Crippen molar-refractivity contribution in [3.05, 3.63) is 95.8 Å². The predicted octanol–water partition coefficient (Wildman–Crippen LogP) is 3.68. The third kappa shape index (κ3) is 7.45. The molecule has 1 aliphatic carbocycles. The summed E-state index contributed by atoms with van der Waals surface area (Å²) >= 11 is 0. The number of nitrogens with zero attached hydrogens (tertiary/aromatic N) is 2. The lowest BCUT2D eigenvalue weighted by atomic mass is 9.68. The molecule has 1 heterocycles. The van der Waals surface area contributed by atoms with E-state index in [1.165, 1.54) is 4.31 Å². The number of hydrogen-bond acceptors (Lipinski definition) is 6. The molecule has 4 rings (SSSR count). The molecule has 2 aromatic carbocycles. The first-order chi connectivity index (χ1) is 19.4. The molecule has 0 saturated heterocycles. The van der Waals surface area contributed by atoms with Gasteiger partial charge < -0.3 is 14.8 Å². The third-order valence-corrected chi connectivity index (χ3v) is 9.20. The monoisotopic (exact) mass is 566 g/mol. The first kappa shape index (κ1) is 29.7. The molecule has 1 aromatic heterocycles. The maximum Gasteiger partial charge on any atom is 0.280 e. The van der Waals surface area contributed by atoms with E-state index < -0.39 is 10.2 Å². The fourth-order valence-electron chi connectivity index (χ4n) is 5.28. The largest absolute Gasteiger partial charge is 0.496 e. The number of para-hydroxylation sites is 1. The standard InChI is InChI=1S/C30H38N4O5S/c1-38-21-20-34(22-24-14-18-31-19-15-24)40(36,37)33-26-12-16-30(17-13-26,25-8-4-3-5-9-25)23-32-29(35)27-10-6-7-11-28(27)39-2/h3-11,14-15,18-19,26,33H,12-13,16-17,20-23H2,1-2H3,(H,32,35). The molecule has 10 heteroatoms. The van der Waals surface area contributed by atoms with Crippen LogP contribution in [0.2, 0.25) is 0 Å². The number of aromatic nitrogens is 1. The summed E-state index contributed by atoms with van der Waals surface area (Å²) in [6, 6.07) is 20.7. The van der Waals surface area contributed by atoms with Crippen LogP contribution in [0.4, 0.5) is 0 Å². The number of carbonyl (C=O) groups is 1. The second-order valence-corrected chi connectivity index (χ2v) is 11.8. The van der Waals surface area contributed by atoms with Gasteiger partial charge in [0, 0.05) is 50.6 Å². The Morgan fingerprint density at radius 3 is 2.35 bits per heavy atom. The molecule has 1 amide bonds. The highest BCUT2D eigenvalue weighted by Gasteiger charge is 2.39. The number of benzene rings is 2. The van der Waals surface area contributed by atoms with Crippen molar-refractivity contribution in [2.24, 2.45) is 0 Å². The zero-order chi connectivity index (χ0) is 28.4. The number of rotatable bonds is 13. The number of nitrogens with one attached hydrogen (secondary N) is 2. The molecule has 0 bridgehead atoms. The summed E-state index contributed by atoms with van der Waals surface area (Å²) in [6.07, 6.45) is 6.04. The van der Waals surface area contributed by atoms with Gasteiger partial charge in [0.05, 0.1) is 19.3 Å². The van der Waals surface area contributed by atoms with Crippen LogP contribution in [0.15, 0.2) is 79.1 Å². The summed E-state index contributed by atoms with van der Waals surface area (Å²) < 4.78 is 41.8. The van der Waals surface area contributed by atoms with Crippen LogP contribution in [-0.4, -0.2) is 63.6 Å². The van der Waals surface area contributed by atoms with Crippen molar-refractivity contribution in [1.82, 2.24) is 19.3 Å². The Hall–Kier alpha value is -3.31. The topological polar surface area (TPSA) is 110 Å². The summed E-state index contributed by atoms with van der Waals surface area (Å²) in [5, 5.41) is 3.13. The second-order valence-electron chi connectivity index (χ2n) is 10.1. The Kier molecular flexibility index (Phi) is 10.3. The maximum atomic E-state index is 13.4. The molecular weight excluding hydrogens is 528 g/mol. The van der Waals surface area contributed by atoms with E-state index in [1.54, 1.807) is 38.7 Å². The molecule has 0 aliphatic heterocycles. The molecule has 0 atom stereocenters. The van der Waals surface area contributed by atoms with Crippen molar-refractivity contribution in [3.63, 3.8) is 0 Å². The van der Waals surface area contributed by atoms with Gasteiger partial charge >= 0.3 is 0 Å². The number of carbonyl (C=O) groups excluding carboxylic acids is 1. The van der Waals surface area contributed by atoms with E-state index >= 15 is 0 Å². The summed E-state index contributed by atoms with van der Waals surface area (Å²) in [4.78, 5) is 17.1. The Bertz CT molecular complexity index is 1330. The molecule has 2 N–H and O–H groups in total. The predicted molar refractivity (Wildman–Crippen MR) is 154 cm³/mol. The minimum Gasteiger partial charge on any atom is -0.496 e. The van der Waals surface area contributed by atoms with Crippen molar-refractivity contribution >= 4 is 16.1 Å².